The number of ether oxygens (including phenoxy) is 1. The molecule has 2 aliphatic carbocycles. The lowest BCUT2D eigenvalue weighted by Gasteiger charge is -2.08. The number of carbonyl (C=O) groups excluding carboxylic acids is 2. The molecule has 3 aromatic rings. The molecule has 152 valence electrons. The highest BCUT2D eigenvalue weighted by Crippen LogP contribution is 2.40. The molecule has 2 aliphatic rings. The molecule has 0 aliphatic heterocycles. The third-order valence-electron chi connectivity index (χ3n) is 5.44. The zero-order valence-electron chi connectivity index (χ0n) is 16.1. The second-order valence-electron chi connectivity index (χ2n) is 7.54. The lowest BCUT2D eigenvalue weighted by atomic mass is 10.1. The number of anilines is 1. The van der Waals surface area contributed by atoms with E-state index in [1.165, 1.54) is 29.9 Å². The van der Waals surface area contributed by atoms with Crippen LogP contribution in [0.2, 0.25) is 0 Å². The number of nitrogens with one attached hydrogen (secondary N) is 1. The van der Waals surface area contributed by atoms with Gasteiger partial charge in [-0.2, -0.15) is 0 Å². The molecule has 1 N–H and O–H groups in total. The van der Waals surface area contributed by atoms with Crippen molar-refractivity contribution in [3.63, 3.8) is 0 Å². The molecule has 1 saturated carbocycles. The van der Waals surface area contributed by atoms with Crippen LogP contribution in [-0.4, -0.2) is 32.9 Å². The van der Waals surface area contributed by atoms with Crippen LogP contribution in [0.3, 0.4) is 0 Å². The van der Waals surface area contributed by atoms with Crippen molar-refractivity contribution < 1.29 is 14.3 Å². The average molecular weight is 431 g/mol. The monoisotopic (exact) mass is 430 g/mol. The van der Waals surface area contributed by atoms with Crippen molar-refractivity contribution in [2.45, 2.75) is 57.3 Å². The zero-order valence-corrected chi connectivity index (χ0v) is 17.8. The van der Waals surface area contributed by atoms with Crippen LogP contribution in [0.25, 0.3) is 4.96 Å². The second-order valence-corrected chi connectivity index (χ2v) is 9.46. The van der Waals surface area contributed by atoms with Crippen LogP contribution in [-0.2, 0) is 27.2 Å². The Balaban J connectivity index is 1.21. The number of fused-ring (bicyclic) bond motifs is 2. The summed E-state index contributed by atoms with van der Waals surface area (Å²) in [5.74, 6) is 0.0465. The topological polar surface area (TPSA) is 85.6 Å². The molecule has 7 nitrogen and oxygen atoms in total. The van der Waals surface area contributed by atoms with E-state index < -0.39 is 0 Å². The Labute approximate surface area is 176 Å². The van der Waals surface area contributed by atoms with Gasteiger partial charge < -0.3 is 10.1 Å². The Morgan fingerprint density at radius 2 is 2.17 bits per heavy atom. The summed E-state index contributed by atoms with van der Waals surface area (Å²) >= 11 is 3.09. The van der Waals surface area contributed by atoms with Crippen LogP contribution in [0, 0.1) is 0 Å². The number of aryl methyl sites for hydroxylation is 2. The van der Waals surface area contributed by atoms with Crippen molar-refractivity contribution in [3.05, 3.63) is 33.5 Å². The number of aromatic nitrogens is 3. The van der Waals surface area contributed by atoms with E-state index in [-0.39, 0.29) is 17.8 Å². The molecule has 1 atom stereocenters. The number of thiazole rings is 2. The number of carbonyl (C=O) groups is 2. The summed E-state index contributed by atoms with van der Waals surface area (Å²) in [6, 6.07) is 0. The molecule has 0 unspecified atom stereocenters. The van der Waals surface area contributed by atoms with Gasteiger partial charge in [-0.05, 0) is 39.0 Å². The molecular weight excluding hydrogens is 408 g/mol. The predicted molar refractivity (Wildman–Crippen MR) is 112 cm³/mol. The molecule has 3 aromatic heterocycles. The van der Waals surface area contributed by atoms with Crippen molar-refractivity contribution in [2.75, 3.05) is 11.9 Å². The summed E-state index contributed by atoms with van der Waals surface area (Å²) in [4.78, 5) is 35.8. The standard InChI is InChI=1S/C20H22N4O3S2/c1-2-27-18(26)13-6-7-15-17(13)23-19(29-15)22-16(25)8-5-12-10-28-20-21-14(9-24(12)20)11-3-4-11/h9-11,13H,2-8H2,1H3,(H,22,23,25)/t13-/m1/s1. The number of hydrogen-bond acceptors (Lipinski definition) is 7. The smallest absolute Gasteiger partial charge is 0.315 e. The molecular formula is C20H22N4O3S2. The largest absolute Gasteiger partial charge is 0.465 e. The maximum atomic E-state index is 12.5. The lowest BCUT2D eigenvalue weighted by molar-refractivity contribution is -0.145. The summed E-state index contributed by atoms with van der Waals surface area (Å²) in [7, 11) is 0. The Morgan fingerprint density at radius 1 is 1.31 bits per heavy atom. The van der Waals surface area contributed by atoms with Gasteiger partial charge in [0.1, 0.15) is 5.92 Å². The lowest BCUT2D eigenvalue weighted by Crippen LogP contribution is -2.15. The normalized spacial score (nSPS) is 18.2. The van der Waals surface area contributed by atoms with E-state index in [4.69, 9.17) is 4.74 Å². The minimum atomic E-state index is -0.298. The van der Waals surface area contributed by atoms with Gasteiger partial charge in [0.05, 0.1) is 18.0 Å². The van der Waals surface area contributed by atoms with Crippen molar-refractivity contribution in [2.24, 2.45) is 0 Å². The summed E-state index contributed by atoms with van der Waals surface area (Å²) in [6.07, 6.45) is 7.18. The highest BCUT2D eigenvalue weighted by Gasteiger charge is 2.33. The van der Waals surface area contributed by atoms with Gasteiger partial charge in [-0.25, -0.2) is 9.97 Å². The van der Waals surface area contributed by atoms with Gasteiger partial charge >= 0.3 is 5.97 Å². The van der Waals surface area contributed by atoms with Gasteiger partial charge in [0.25, 0.3) is 0 Å². The van der Waals surface area contributed by atoms with Crippen LogP contribution in [0.1, 0.15) is 66.4 Å². The van der Waals surface area contributed by atoms with E-state index in [0.29, 0.717) is 30.5 Å². The number of amides is 1. The number of rotatable bonds is 7. The number of esters is 1. The minimum Gasteiger partial charge on any atom is -0.465 e. The highest BCUT2D eigenvalue weighted by atomic mass is 32.1. The SMILES string of the molecule is CCOC(=O)[C@@H]1CCc2sc(NC(=O)CCc3csc4nc(C5CC5)cn34)nc21. The third-order valence-corrected chi connectivity index (χ3v) is 7.38. The first kappa shape index (κ1) is 18.7. The van der Waals surface area contributed by atoms with Gasteiger partial charge in [0.15, 0.2) is 10.1 Å². The van der Waals surface area contributed by atoms with Crippen molar-refractivity contribution >= 4 is 44.6 Å². The Bertz CT molecular complexity index is 1080. The molecule has 29 heavy (non-hydrogen) atoms. The van der Waals surface area contributed by atoms with Crippen LogP contribution >= 0.6 is 22.7 Å². The fourth-order valence-corrected chi connectivity index (χ4v) is 5.75. The Kier molecular flexibility index (Phi) is 4.87. The van der Waals surface area contributed by atoms with Crippen molar-refractivity contribution in [1.82, 2.24) is 14.4 Å². The first-order valence-electron chi connectivity index (χ1n) is 10.0. The van der Waals surface area contributed by atoms with Gasteiger partial charge in [-0.3, -0.25) is 14.0 Å². The maximum Gasteiger partial charge on any atom is 0.315 e. The van der Waals surface area contributed by atoms with Crippen LogP contribution in [0.5, 0.6) is 0 Å². The molecule has 0 saturated heterocycles. The summed E-state index contributed by atoms with van der Waals surface area (Å²) in [5.41, 5.74) is 3.06. The van der Waals surface area contributed by atoms with E-state index in [9.17, 15) is 9.59 Å². The van der Waals surface area contributed by atoms with E-state index in [1.807, 2.05) is 0 Å². The molecule has 9 heteroatoms. The highest BCUT2D eigenvalue weighted by molar-refractivity contribution is 7.16. The number of imidazole rings is 1. The Hall–Kier alpha value is -2.26. The summed E-state index contributed by atoms with van der Waals surface area (Å²) in [5, 5.41) is 5.55. The van der Waals surface area contributed by atoms with Gasteiger partial charge in [0.2, 0.25) is 5.91 Å². The molecule has 0 aromatic carbocycles. The molecule has 1 fully saturated rings. The number of nitrogens with zero attached hydrogens (tertiary/aromatic N) is 3. The second kappa shape index (κ2) is 7.53. The minimum absolute atomic E-state index is 0.0630. The fourth-order valence-electron chi connectivity index (χ4n) is 3.78. The zero-order chi connectivity index (χ0) is 20.0. The molecule has 0 radical (unpaired) electrons. The summed E-state index contributed by atoms with van der Waals surface area (Å²) in [6.45, 7) is 2.17. The van der Waals surface area contributed by atoms with Crippen molar-refractivity contribution in [3.8, 4) is 0 Å². The van der Waals surface area contributed by atoms with Crippen LogP contribution in [0.15, 0.2) is 11.6 Å². The van der Waals surface area contributed by atoms with Gasteiger partial charge in [-0.1, -0.05) is 0 Å². The third kappa shape index (κ3) is 3.69. The Morgan fingerprint density at radius 3 is 2.97 bits per heavy atom. The van der Waals surface area contributed by atoms with E-state index in [0.717, 1.165) is 34.1 Å². The van der Waals surface area contributed by atoms with Gasteiger partial charge in [0, 0.05) is 34.5 Å². The van der Waals surface area contributed by atoms with E-state index in [2.05, 4.69) is 31.3 Å². The van der Waals surface area contributed by atoms with E-state index >= 15 is 0 Å². The van der Waals surface area contributed by atoms with Gasteiger partial charge in [-0.15, -0.1) is 22.7 Å². The first-order valence-corrected chi connectivity index (χ1v) is 11.7. The molecule has 0 spiro atoms. The average Bonchev–Trinajstić information content (AvgIpc) is 3.01. The predicted octanol–water partition coefficient (Wildman–Crippen LogP) is 3.89. The quantitative estimate of drug-likeness (QED) is 0.575. The molecule has 1 amide bonds. The molecule has 0 bridgehead atoms. The summed E-state index contributed by atoms with van der Waals surface area (Å²) < 4.78 is 7.26. The maximum absolute atomic E-state index is 12.5. The molecule has 3 heterocycles. The molecule has 5 rings (SSSR count). The van der Waals surface area contributed by atoms with Crippen LogP contribution < -0.4 is 5.32 Å². The van der Waals surface area contributed by atoms with E-state index in [1.54, 1.807) is 18.3 Å². The fraction of sp³-hybridized carbons (Fsp3) is 0.500. The first-order chi connectivity index (χ1) is 14.1. The number of hydrogen-bond donors (Lipinski definition) is 1. The van der Waals surface area contributed by atoms with Crippen LogP contribution in [0.4, 0.5) is 5.13 Å². The van der Waals surface area contributed by atoms with Crippen molar-refractivity contribution in [1.29, 1.82) is 0 Å².